The predicted octanol–water partition coefficient (Wildman–Crippen LogP) is 3.76. The fourth-order valence-corrected chi connectivity index (χ4v) is 2.21. The van der Waals surface area contributed by atoms with E-state index in [1.165, 1.54) is 24.3 Å². The highest BCUT2D eigenvalue weighted by Gasteiger charge is 2.13. The lowest BCUT2D eigenvalue weighted by atomic mass is 10.0. The molecule has 2 aromatic carbocycles. The highest BCUT2D eigenvalue weighted by atomic mass is 35.5. The molecule has 0 saturated carbocycles. The van der Waals surface area contributed by atoms with Gasteiger partial charge in [0, 0.05) is 17.0 Å². The second-order valence-electron chi connectivity index (χ2n) is 4.39. The van der Waals surface area contributed by atoms with Gasteiger partial charge in [0.25, 0.3) is 0 Å². The average molecular weight is 283 g/mol. The first-order valence-corrected chi connectivity index (χ1v) is 6.29. The Morgan fingerprint density at radius 2 is 1.79 bits per heavy atom. The first-order chi connectivity index (χ1) is 9.06. The Morgan fingerprint density at radius 3 is 2.47 bits per heavy atom. The van der Waals surface area contributed by atoms with Crippen molar-refractivity contribution in [3.63, 3.8) is 0 Å². The molecule has 100 valence electrons. The third kappa shape index (κ3) is 3.75. The van der Waals surface area contributed by atoms with Crippen LogP contribution in [-0.2, 0) is 12.8 Å². The van der Waals surface area contributed by atoms with Crippen molar-refractivity contribution in [2.45, 2.75) is 18.9 Å². The molecule has 0 aliphatic rings. The molecule has 1 atom stereocenters. The first-order valence-electron chi connectivity index (χ1n) is 5.91. The van der Waals surface area contributed by atoms with Gasteiger partial charge in [-0.25, -0.2) is 8.78 Å². The van der Waals surface area contributed by atoms with Crippen LogP contribution < -0.4 is 0 Å². The zero-order chi connectivity index (χ0) is 13.8. The summed E-state index contributed by atoms with van der Waals surface area (Å²) in [6, 6.07) is 10.4. The van der Waals surface area contributed by atoms with Crippen LogP contribution in [0.15, 0.2) is 42.5 Å². The maximum absolute atomic E-state index is 13.6. The van der Waals surface area contributed by atoms with E-state index in [1.54, 1.807) is 18.2 Å². The van der Waals surface area contributed by atoms with Crippen LogP contribution in [0.25, 0.3) is 0 Å². The summed E-state index contributed by atoms with van der Waals surface area (Å²) in [4.78, 5) is 0. The second-order valence-corrected chi connectivity index (χ2v) is 4.80. The summed E-state index contributed by atoms with van der Waals surface area (Å²) in [6.07, 6.45) is -0.457. The smallest absolute Gasteiger partial charge is 0.127 e. The van der Waals surface area contributed by atoms with Crippen molar-refractivity contribution in [3.8, 4) is 0 Å². The quantitative estimate of drug-likeness (QED) is 0.905. The van der Waals surface area contributed by atoms with Crippen LogP contribution in [-0.4, -0.2) is 11.2 Å². The molecule has 0 aliphatic carbocycles. The third-order valence-electron chi connectivity index (χ3n) is 2.86. The van der Waals surface area contributed by atoms with E-state index in [-0.39, 0.29) is 24.2 Å². The van der Waals surface area contributed by atoms with Crippen molar-refractivity contribution in [2.24, 2.45) is 0 Å². The SMILES string of the molecule is OC(Cc1cccc(F)c1)Cc1c(F)cccc1Cl. The van der Waals surface area contributed by atoms with Crippen molar-refractivity contribution >= 4 is 11.6 Å². The molecule has 1 unspecified atom stereocenters. The lowest BCUT2D eigenvalue weighted by Crippen LogP contribution is -2.15. The summed E-state index contributed by atoms with van der Waals surface area (Å²) < 4.78 is 26.6. The maximum atomic E-state index is 13.6. The van der Waals surface area contributed by atoms with Gasteiger partial charge in [0.15, 0.2) is 0 Å². The number of aliphatic hydroxyl groups is 1. The van der Waals surface area contributed by atoms with Crippen LogP contribution in [0.2, 0.25) is 5.02 Å². The molecule has 1 nitrogen and oxygen atoms in total. The molecule has 0 radical (unpaired) electrons. The summed E-state index contributed by atoms with van der Waals surface area (Å²) in [7, 11) is 0. The topological polar surface area (TPSA) is 20.2 Å². The summed E-state index contributed by atoms with van der Waals surface area (Å²) in [5, 5.41) is 10.2. The normalized spacial score (nSPS) is 12.4. The van der Waals surface area contributed by atoms with Crippen LogP contribution in [0.3, 0.4) is 0 Å². The van der Waals surface area contributed by atoms with Gasteiger partial charge in [-0.05, 0) is 36.2 Å². The van der Waals surface area contributed by atoms with E-state index in [0.717, 1.165) is 0 Å². The van der Waals surface area contributed by atoms with Gasteiger partial charge in [-0.2, -0.15) is 0 Å². The molecule has 1 N–H and O–H groups in total. The van der Waals surface area contributed by atoms with Crippen molar-refractivity contribution in [2.75, 3.05) is 0 Å². The summed E-state index contributed by atoms with van der Waals surface area (Å²) in [5.74, 6) is -0.792. The van der Waals surface area contributed by atoms with Crippen LogP contribution >= 0.6 is 11.6 Å². The van der Waals surface area contributed by atoms with Gasteiger partial charge < -0.3 is 5.11 Å². The minimum Gasteiger partial charge on any atom is -0.392 e. The molecular weight excluding hydrogens is 270 g/mol. The second kappa shape index (κ2) is 6.13. The Kier molecular flexibility index (Phi) is 4.51. The lowest BCUT2D eigenvalue weighted by molar-refractivity contribution is 0.174. The van der Waals surface area contributed by atoms with Crippen molar-refractivity contribution in [1.82, 2.24) is 0 Å². The van der Waals surface area contributed by atoms with Gasteiger partial charge >= 0.3 is 0 Å². The Hall–Kier alpha value is -1.45. The molecular formula is C15H13ClF2O. The molecule has 4 heteroatoms. The van der Waals surface area contributed by atoms with Gasteiger partial charge in [0.1, 0.15) is 11.6 Å². The van der Waals surface area contributed by atoms with Crippen LogP contribution in [0.1, 0.15) is 11.1 Å². The van der Waals surface area contributed by atoms with Crippen molar-refractivity contribution < 1.29 is 13.9 Å². The summed E-state index contributed by atoms with van der Waals surface area (Å²) >= 11 is 5.89. The number of halogens is 3. The van der Waals surface area contributed by atoms with Crippen LogP contribution in [0.5, 0.6) is 0 Å². The minimum absolute atomic E-state index is 0.0992. The monoisotopic (exact) mass is 282 g/mol. The van der Waals surface area contributed by atoms with Crippen LogP contribution in [0.4, 0.5) is 8.78 Å². The number of benzene rings is 2. The van der Waals surface area contributed by atoms with E-state index in [9.17, 15) is 13.9 Å². The minimum atomic E-state index is -0.809. The molecule has 0 bridgehead atoms. The predicted molar refractivity (Wildman–Crippen MR) is 71.2 cm³/mol. The molecule has 0 fully saturated rings. The van der Waals surface area contributed by atoms with E-state index in [0.29, 0.717) is 10.6 Å². The third-order valence-corrected chi connectivity index (χ3v) is 3.22. The zero-order valence-corrected chi connectivity index (χ0v) is 10.9. The van der Waals surface area contributed by atoms with Crippen molar-refractivity contribution in [1.29, 1.82) is 0 Å². The van der Waals surface area contributed by atoms with E-state index in [2.05, 4.69) is 0 Å². The zero-order valence-electron chi connectivity index (χ0n) is 10.1. The molecule has 0 amide bonds. The summed E-state index contributed by atoms with van der Waals surface area (Å²) in [5.41, 5.74) is 0.952. The Labute approximate surface area is 115 Å². The number of hydrogen-bond donors (Lipinski definition) is 1. The molecule has 19 heavy (non-hydrogen) atoms. The average Bonchev–Trinajstić information content (AvgIpc) is 2.34. The number of rotatable bonds is 4. The van der Waals surface area contributed by atoms with Gasteiger partial charge in [0.2, 0.25) is 0 Å². The fourth-order valence-electron chi connectivity index (χ4n) is 1.97. The van der Waals surface area contributed by atoms with Gasteiger partial charge in [0.05, 0.1) is 6.10 Å². The maximum Gasteiger partial charge on any atom is 0.127 e. The molecule has 0 heterocycles. The molecule has 0 aliphatic heterocycles. The summed E-state index contributed by atoms with van der Waals surface area (Å²) in [6.45, 7) is 0. The Balaban J connectivity index is 2.07. The van der Waals surface area contributed by atoms with E-state index in [1.807, 2.05) is 0 Å². The molecule has 2 rings (SSSR count). The highest BCUT2D eigenvalue weighted by molar-refractivity contribution is 6.31. The largest absolute Gasteiger partial charge is 0.392 e. The lowest BCUT2D eigenvalue weighted by Gasteiger charge is -2.12. The molecule has 0 aromatic heterocycles. The number of hydrogen-bond acceptors (Lipinski definition) is 1. The van der Waals surface area contributed by atoms with Gasteiger partial charge in [-0.15, -0.1) is 0 Å². The highest BCUT2D eigenvalue weighted by Crippen LogP contribution is 2.21. The van der Waals surface area contributed by atoms with E-state index in [4.69, 9.17) is 11.6 Å². The molecule has 0 saturated heterocycles. The van der Waals surface area contributed by atoms with Crippen LogP contribution in [0, 0.1) is 11.6 Å². The van der Waals surface area contributed by atoms with E-state index < -0.39 is 11.9 Å². The first kappa shape index (κ1) is 14.0. The standard InChI is InChI=1S/C15H13ClF2O/c16-14-5-2-6-15(18)13(14)9-12(19)8-10-3-1-4-11(17)7-10/h1-7,12,19H,8-9H2. The molecule has 2 aromatic rings. The number of aliphatic hydroxyl groups excluding tert-OH is 1. The molecule has 0 spiro atoms. The fraction of sp³-hybridized carbons (Fsp3) is 0.200. The van der Waals surface area contributed by atoms with E-state index >= 15 is 0 Å². The Bertz CT molecular complexity index is 552. The van der Waals surface area contributed by atoms with Gasteiger partial charge in [-0.1, -0.05) is 29.8 Å². The van der Waals surface area contributed by atoms with Crippen molar-refractivity contribution in [3.05, 3.63) is 70.2 Å². The Morgan fingerprint density at radius 1 is 1.05 bits per heavy atom. The van der Waals surface area contributed by atoms with Gasteiger partial charge in [-0.3, -0.25) is 0 Å².